The molecule has 5 rings (SSSR count). The van der Waals surface area contributed by atoms with Crippen LogP contribution in [0.5, 0.6) is 0 Å². The van der Waals surface area contributed by atoms with Crippen LogP contribution >= 0.6 is 0 Å². The SMILES string of the molecule is CS(=O)c1nc(-c2ccc3occc3c2)c(-c2ccc3occc3c2)[nH]1. The summed E-state index contributed by atoms with van der Waals surface area (Å²) >= 11 is 0. The van der Waals surface area contributed by atoms with Gasteiger partial charge in [0.2, 0.25) is 0 Å². The third-order valence-electron chi connectivity index (χ3n) is 4.42. The molecule has 3 aromatic heterocycles. The number of benzene rings is 2. The van der Waals surface area contributed by atoms with Crippen LogP contribution in [0.3, 0.4) is 0 Å². The van der Waals surface area contributed by atoms with Crippen LogP contribution in [0.15, 0.2) is 75.0 Å². The van der Waals surface area contributed by atoms with Crippen molar-refractivity contribution < 1.29 is 13.0 Å². The third kappa shape index (κ3) is 2.38. The first-order chi connectivity index (χ1) is 12.7. The zero-order valence-electron chi connectivity index (χ0n) is 13.9. The molecule has 1 atom stereocenters. The Bertz CT molecular complexity index is 1190. The molecule has 26 heavy (non-hydrogen) atoms. The van der Waals surface area contributed by atoms with Crippen LogP contribution in [0.2, 0.25) is 0 Å². The van der Waals surface area contributed by atoms with Crippen molar-refractivity contribution in [2.24, 2.45) is 0 Å². The van der Waals surface area contributed by atoms with Gasteiger partial charge in [0.1, 0.15) is 11.2 Å². The maximum absolute atomic E-state index is 12.0. The van der Waals surface area contributed by atoms with Gasteiger partial charge in [-0.05, 0) is 48.5 Å². The summed E-state index contributed by atoms with van der Waals surface area (Å²) in [5, 5.41) is 2.46. The molecule has 2 aromatic carbocycles. The van der Waals surface area contributed by atoms with E-state index in [4.69, 9.17) is 8.83 Å². The summed E-state index contributed by atoms with van der Waals surface area (Å²) in [6.07, 6.45) is 4.95. The Morgan fingerprint density at radius 2 is 1.50 bits per heavy atom. The van der Waals surface area contributed by atoms with Gasteiger partial charge in [0, 0.05) is 28.2 Å². The van der Waals surface area contributed by atoms with Crippen LogP contribution in [0.4, 0.5) is 0 Å². The summed E-state index contributed by atoms with van der Waals surface area (Å²) in [6.45, 7) is 0. The van der Waals surface area contributed by atoms with E-state index in [1.807, 2.05) is 48.5 Å². The Kier molecular flexibility index (Phi) is 3.33. The van der Waals surface area contributed by atoms with E-state index in [1.165, 1.54) is 0 Å². The van der Waals surface area contributed by atoms with Gasteiger partial charge < -0.3 is 13.8 Å². The lowest BCUT2D eigenvalue weighted by Crippen LogP contribution is -1.89. The van der Waals surface area contributed by atoms with Crippen molar-refractivity contribution >= 4 is 32.7 Å². The molecule has 0 aliphatic rings. The molecule has 1 N–H and O–H groups in total. The van der Waals surface area contributed by atoms with E-state index in [-0.39, 0.29) is 0 Å². The molecule has 0 fully saturated rings. The van der Waals surface area contributed by atoms with Crippen molar-refractivity contribution in [2.75, 3.05) is 6.26 Å². The number of H-pyrrole nitrogens is 1. The van der Waals surface area contributed by atoms with Gasteiger partial charge in [0.05, 0.1) is 34.7 Å². The van der Waals surface area contributed by atoms with Crippen molar-refractivity contribution in [3.63, 3.8) is 0 Å². The second-order valence-corrected chi connectivity index (χ2v) is 7.36. The molecule has 0 bridgehead atoms. The smallest absolute Gasteiger partial charge is 0.197 e. The number of aromatic nitrogens is 2. The maximum Gasteiger partial charge on any atom is 0.197 e. The molecule has 5 nitrogen and oxygen atoms in total. The van der Waals surface area contributed by atoms with Gasteiger partial charge in [-0.25, -0.2) is 4.98 Å². The van der Waals surface area contributed by atoms with Gasteiger partial charge in [-0.1, -0.05) is 0 Å². The monoisotopic (exact) mass is 362 g/mol. The van der Waals surface area contributed by atoms with Crippen LogP contribution in [0, 0.1) is 0 Å². The minimum absolute atomic E-state index is 0.453. The van der Waals surface area contributed by atoms with E-state index >= 15 is 0 Å². The summed E-state index contributed by atoms with van der Waals surface area (Å²) in [5.41, 5.74) is 5.15. The first kappa shape index (κ1) is 15.2. The fourth-order valence-corrected chi connectivity index (χ4v) is 3.61. The van der Waals surface area contributed by atoms with E-state index in [1.54, 1.807) is 18.8 Å². The normalized spacial score (nSPS) is 12.8. The first-order valence-corrected chi connectivity index (χ1v) is 9.63. The molecular formula is C20H14N2O3S. The number of fused-ring (bicyclic) bond motifs is 2. The number of furan rings is 2. The van der Waals surface area contributed by atoms with E-state index in [9.17, 15) is 4.21 Å². The summed E-state index contributed by atoms with van der Waals surface area (Å²) in [7, 11) is -1.21. The van der Waals surface area contributed by atoms with E-state index in [2.05, 4.69) is 9.97 Å². The topological polar surface area (TPSA) is 72.0 Å². The largest absolute Gasteiger partial charge is 0.464 e. The van der Waals surface area contributed by atoms with Crippen LogP contribution in [0.25, 0.3) is 44.5 Å². The average Bonchev–Trinajstić information content (AvgIpc) is 3.38. The van der Waals surface area contributed by atoms with Gasteiger partial charge in [0.25, 0.3) is 0 Å². The number of imidazole rings is 1. The van der Waals surface area contributed by atoms with E-state index in [0.29, 0.717) is 5.16 Å². The van der Waals surface area contributed by atoms with Gasteiger partial charge in [-0.3, -0.25) is 4.21 Å². The standard InChI is InChI=1S/C20H14N2O3S/c1-26(23)20-21-18(14-2-4-16-12(10-14)6-8-24-16)19(22-20)15-3-5-17-13(11-15)7-9-25-17/h2-11H,1H3,(H,21,22). The molecule has 1 unspecified atom stereocenters. The van der Waals surface area contributed by atoms with E-state index < -0.39 is 10.8 Å². The minimum atomic E-state index is -1.21. The fraction of sp³-hybridized carbons (Fsp3) is 0.0500. The van der Waals surface area contributed by atoms with Crippen LogP contribution in [0.1, 0.15) is 0 Å². The first-order valence-electron chi connectivity index (χ1n) is 8.08. The zero-order chi connectivity index (χ0) is 17.7. The predicted molar refractivity (Wildman–Crippen MR) is 101 cm³/mol. The molecule has 0 spiro atoms. The van der Waals surface area contributed by atoms with Gasteiger partial charge in [0.15, 0.2) is 5.16 Å². The second-order valence-electron chi connectivity index (χ2n) is 6.07. The highest BCUT2D eigenvalue weighted by Crippen LogP contribution is 2.34. The highest BCUT2D eigenvalue weighted by Gasteiger charge is 2.17. The highest BCUT2D eigenvalue weighted by molar-refractivity contribution is 7.84. The van der Waals surface area contributed by atoms with Gasteiger partial charge in [-0.15, -0.1) is 0 Å². The zero-order valence-corrected chi connectivity index (χ0v) is 14.7. The van der Waals surface area contributed by atoms with Crippen molar-refractivity contribution in [1.29, 1.82) is 0 Å². The van der Waals surface area contributed by atoms with Crippen molar-refractivity contribution in [2.45, 2.75) is 5.16 Å². The summed E-state index contributed by atoms with van der Waals surface area (Å²) in [6, 6.07) is 15.7. The Balaban J connectivity index is 1.74. The number of aromatic amines is 1. The summed E-state index contributed by atoms with van der Waals surface area (Å²) < 4.78 is 22.8. The predicted octanol–water partition coefficient (Wildman–Crippen LogP) is 4.97. The lowest BCUT2D eigenvalue weighted by atomic mass is 10.0. The molecular weight excluding hydrogens is 348 g/mol. The van der Waals surface area contributed by atoms with E-state index in [0.717, 1.165) is 44.5 Å². The highest BCUT2D eigenvalue weighted by atomic mass is 32.2. The van der Waals surface area contributed by atoms with Gasteiger partial charge >= 0.3 is 0 Å². The molecule has 0 aliphatic carbocycles. The molecule has 0 radical (unpaired) electrons. The summed E-state index contributed by atoms with van der Waals surface area (Å²) in [5.74, 6) is 0. The quantitative estimate of drug-likeness (QED) is 0.492. The molecule has 0 aliphatic heterocycles. The van der Waals surface area contributed by atoms with Crippen molar-refractivity contribution in [3.8, 4) is 22.5 Å². The minimum Gasteiger partial charge on any atom is -0.464 e. The number of rotatable bonds is 3. The Hall–Kier alpha value is -3.12. The summed E-state index contributed by atoms with van der Waals surface area (Å²) in [4.78, 5) is 7.83. The second kappa shape index (κ2) is 5.71. The maximum atomic E-state index is 12.0. The van der Waals surface area contributed by atoms with Crippen LogP contribution in [-0.4, -0.2) is 20.4 Å². The van der Waals surface area contributed by atoms with Crippen LogP contribution in [-0.2, 0) is 10.8 Å². The lowest BCUT2D eigenvalue weighted by molar-refractivity contribution is 0.615. The molecule has 0 amide bonds. The Labute approximate surface area is 151 Å². The number of nitrogens with zero attached hydrogens (tertiary/aromatic N) is 1. The van der Waals surface area contributed by atoms with Crippen molar-refractivity contribution in [3.05, 3.63) is 61.1 Å². The fourth-order valence-electron chi connectivity index (χ4n) is 3.14. The molecule has 0 saturated heterocycles. The Morgan fingerprint density at radius 3 is 2.15 bits per heavy atom. The number of hydrogen-bond acceptors (Lipinski definition) is 4. The molecule has 3 heterocycles. The Morgan fingerprint density at radius 1 is 0.885 bits per heavy atom. The van der Waals surface area contributed by atoms with Crippen molar-refractivity contribution in [1.82, 2.24) is 9.97 Å². The lowest BCUT2D eigenvalue weighted by Gasteiger charge is -2.04. The molecule has 0 saturated carbocycles. The number of nitrogens with one attached hydrogen (secondary N) is 1. The average molecular weight is 362 g/mol. The molecule has 5 aromatic rings. The molecule has 6 heteroatoms. The third-order valence-corrected chi connectivity index (χ3v) is 5.16. The van der Waals surface area contributed by atoms with Gasteiger partial charge in [-0.2, -0.15) is 0 Å². The molecule has 128 valence electrons. The number of hydrogen-bond donors (Lipinski definition) is 1. The van der Waals surface area contributed by atoms with Crippen LogP contribution < -0.4 is 0 Å².